The zero-order valence-electron chi connectivity index (χ0n) is 18.7. The van der Waals surface area contributed by atoms with Gasteiger partial charge in [-0.15, -0.1) is 0 Å². The van der Waals surface area contributed by atoms with Crippen LogP contribution in [0.5, 0.6) is 0 Å². The van der Waals surface area contributed by atoms with Crippen LogP contribution >= 0.6 is 22.6 Å². The summed E-state index contributed by atoms with van der Waals surface area (Å²) in [5.74, 6) is -1.43. The van der Waals surface area contributed by atoms with E-state index in [0.29, 0.717) is 18.7 Å². The maximum Gasteiger partial charge on any atom is 0.407 e. The van der Waals surface area contributed by atoms with Crippen molar-refractivity contribution in [3.05, 3.63) is 87.0 Å². The third-order valence-electron chi connectivity index (χ3n) is 6.52. The zero-order chi connectivity index (χ0) is 24.5. The highest BCUT2D eigenvalue weighted by molar-refractivity contribution is 14.1. The fraction of sp³-hybridized carbons (Fsp3) is 0.222. The molecule has 0 aliphatic heterocycles. The van der Waals surface area contributed by atoms with Gasteiger partial charge in [-0.25, -0.2) is 9.59 Å². The molecular formula is C27H23IN2O5. The number of hydrogen-bond donors (Lipinski definition) is 3. The van der Waals surface area contributed by atoms with Crippen molar-refractivity contribution in [3.63, 3.8) is 0 Å². The summed E-state index contributed by atoms with van der Waals surface area (Å²) in [7, 11) is 0. The number of carbonyl (C=O) groups is 3. The van der Waals surface area contributed by atoms with Crippen LogP contribution in [0.15, 0.2) is 66.7 Å². The Kier molecular flexibility index (Phi) is 6.46. The van der Waals surface area contributed by atoms with Crippen LogP contribution in [0.4, 0.5) is 10.5 Å². The van der Waals surface area contributed by atoms with Crippen molar-refractivity contribution in [2.75, 3.05) is 18.5 Å². The molecule has 0 spiro atoms. The van der Waals surface area contributed by atoms with E-state index in [2.05, 4.69) is 34.9 Å². The number of halogens is 1. The molecule has 2 aliphatic carbocycles. The first-order valence-corrected chi connectivity index (χ1v) is 12.4. The number of benzene rings is 3. The quantitative estimate of drug-likeness (QED) is 0.337. The van der Waals surface area contributed by atoms with Crippen molar-refractivity contribution in [3.8, 4) is 11.1 Å². The van der Waals surface area contributed by atoms with Gasteiger partial charge in [-0.3, -0.25) is 4.79 Å². The number of carbonyl (C=O) groups excluding carboxylic acids is 2. The molecule has 0 unspecified atom stereocenters. The average Bonchev–Trinajstić information content (AvgIpc) is 3.56. The number of anilines is 1. The molecule has 3 aromatic carbocycles. The Bertz CT molecular complexity index is 1280. The van der Waals surface area contributed by atoms with Crippen molar-refractivity contribution < 1.29 is 24.2 Å². The molecule has 3 aromatic rings. The van der Waals surface area contributed by atoms with Crippen LogP contribution in [0.2, 0.25) is 0 Å². The van der Waals surface area contributed by atoms with Crippen molar-refractivity contribution in [2.24, 2.45) is 11.8 Å². The second-order valence-corrected chi connectivity index (χ2v) is 10.1. The number of ether oxygens (including phenoxy) is 1. The van der Waals surface area contributed by atoms with E-state index < -0.39 is 12.1 Å². The van der Waals surface area contributed by atoms with Crippen molar-refractivity contribution >= 4 is 46.2 Å². The molecule has 35 heavy (non-hydrogen) atoms. The number of carboxylic acid groups (broad SMARTS) is 1. The van der Waals surface area contributed by atoms with Crippen LogP contribution in [-0.2, 0) is 9.53 Å². The van der Waals surface area contributed by atoms with Gasteiger partial charge >= 0.3 is 12.1 Å². The lowest BCUT2D eigenvalue weighted by Gasteiger charge is -2.14. The second kappa shape index (κ2) is 9.69. The molecule has 7 nitrogen and oxygen atoms in total. The lowest BCUT2D eigenvalue weighted by molar-refractivity contribution is -0.117. The molecule has 5 rings (SSSR count). The molecule has 3 N–H and O–H groups in total. The van der Waals surface area contributed by atoms with Crippen molar-refractivity contribution in [1.29, 1.82) is 0 Å². The second-order valence-electron chi connectivity index (χ2n) is 8.83. The van der Waals surface area contributed by atoms with Crippen LogP contribution in [0.1, 0.15) is 33.8 Å². The molecule has 2 aliphatic rings. The van der Waals surface area contributed by atoms with Gasteiger partial charge in [0.05, 0.1) is 5.56 Å². The van der Waals surface area contributed by atoms with Crippen molar-refractivity contribution in [2.45, 2.75) is 12.3 Å². The smallest absolute Gasteiger partial charge is 0.407 e. The Morgan fingerprint density at radius 3 is 2.29 bits per heavy atom. The Hall–Kier alpha value is -3.40. The average molecular weight is 582 g/mol. The summed E-state index contributed by atoms with van der Waals surface area (Å²) < 4.78 is 6.28. The van der Waals surface area contributed by atoms with E-state index in [1.165, 1.54) is 23.3 Å². The summed E-state index contributed by atoms with van der Waals surface area (Å²) in [6, 6.07) is 21.0. The number of fused-ring (bicyclic) bond motifs is 3. The summed E-state index contributed by atoms with van der Waals surface area (Å²) in [6.45, 7) is 0.592. The first-order chi connectivity index (χ1) is 16.9. The van der Waals surface area contributed by atoms with Crippen LogP contribution in [0.3, 0.4) is 0 Å². The van der Waals surface area contributed by atoms with Gasteiger partial charge in [0.25, 0.3) is 0 Å². The lowest BCUT2D eigenvalue weighted by atomic mass is 9.98. The number of amides is 2. The van der Waals surface area contributed by atoms with Gasteiger partial charge in [-0.2, -0.15) is 0 Å². The highest BCUT2D eigenvalue weighted by Crippen LogP contribution is 2.44. The van der Waals surface area contributed by atoms with E-state index in [0.717, 1.165) is 14.7 Å². The summed E-state index contributed by atoms with van der Waals surface area (Å²) in [6.07, 6.45) is 0.159. The Morgan fingerprint density at radius 1 is 0.971 bits per heavy atom. The van der Waals surface area contributed by atoms with Crippen LogP contribution in [0.25, 0.3) is 11.1 Å². The van der Waals surface area contributed by atoms with E-state index in [9.17, 15) is 19.5 Å². The molecule has 2 amide bonds. The van der Waals surface area contributed by atoms with Crippen LogP contribution in [-0.4, -0.2) is 36.2 Å². The zero-order valence-corrected chi connectivity index (χ0v) is 20.8. The molecule has 1 fully saturated rings. The highest BCUT2D eigenvalue weighted by atomic mass is 127. The van der Waals surface area contributed by atoms with Gasteiger partial charge in [0.15, 0.2) is 0 Å². The summed E-state index contributed by atoms with van der Waals surface area (Å²) in [4.78, 5) is 36.2. The predicted molar refractivity (Wildman–Crippen MR) is 139 cm³/mol. The van der Waals surface area contributed by atoms with E-state index in [1.807, 2.05) is 46.9 Å². The molecule has 0 bridgehead atoms. The molecule has 0 saturated heterocycles. The SMILES string of the molecule is O=C(NC[C@H]1C[C@H]1C(=O)Nc1cc(I)cc(C(=O)O)c1)OCC1c2ccccc2-c2ccccc21. The standard InChI is InChI=1S/C27H23IN2O5/c28-17-9-15(26(32)33)10-18(12-17)30-25(31)23-11-16(23)13-29-27(34)35-14-24-21-7-3-1-5-19(21)20-6-2-4-8-22(20)24/h1-10,12,16,23-24H,11,13-14H2,(H,29,34)(H,30,31)(H,32,33)/t16-,23-/m1/s1. The summed E-state index contributed by atoms with van der Waals surface area (Å²) in [5.41, 5.74) is 5.23. The molecule has 0 radical (unpaired) electrons. The van der Waals surface area contributed by atoms with Gasteiger partial charge in [0, 0.05) is 27.6 Å². The van der Waals surface area contributed by atoms with Crippen LogP contribution < -0.4 is 10.6 Å². The van der Waals surface area contributed by atoms with Gasteiger partial charge < -0.3 is 20.5 Å². The predicted octanol–water partition coefficient (Wildman–Crippen LogP) is 5.10. The number of rotatable bonds is 7. The molecule has 2 atom stereocenters. The number of nitrogens with one attached hydrogen (secondary N) is 2. The van der Waals surface area contributed by atoms with Crippen molar-refractivity contribution in [1.82, 2.24) is 5.32 Å². The van der Waals surface area contributed by atoms with Gasteiger partial charge in [0.2, 0.25) is 5.91 Å². The van der Waals surface area contributed by atoms with Gasteiger partial charge in [-0.05, 0) is 75.4 Å². The highest BCUT2D eigenvalue weighted by Gasteiger charge is 2.43. The first-order valence-electron chi connectivity index (χ1n) is 11.3. The van der Waals surface area contributed by atoms with E-state index in [-0.39, 0.29) is 35.8 Å². The Morgan fingerprint density at radius 2 is 1.63 bits per heavy atom. The third-order valence-corrected chi connectivity index (χ3v) is 7.15. The maximum absolute atomic E-state index is 12.6. The molecular weight excluding hydrogens is 559 g/mol. The molecule has 0 aromatic heterocycles. The minimum atomic E-state index is -1.05. The van der Waals surface area contributed by atoms with E-state index in [1.54, 1.807) is 6.07 Å². The number of hydrogen-bond acceptors (Lipinski definition) is 4. The Balaban J connectivity index is 1.11. The Labute approximate surface area is 216 Å². The normalized spacial score (nSPS) is 17.7. The molecule has 8 heteroatoms. The van der Waals surface area contributed by atoms with Crippen LogP contribution in [0, 0.1) is 15.4 Å². The molecule has 0 heterocycles. The van der Waals surface area contributed by atoms with Gasteiger partial charge in [-0.1, -0.05) is 48.5 Å². The minimum absolute atomic E-state index is 0.00281. The monoisotopic (exact) mass is 582 g/mol. The fourth-order valence-electron chi connectivity index (χ4n) is 4.68. The largest absolute Gasteiger partial charge is 0.478 e. The number of carboxylic acids is 1. The van der Waals surface area contributed by atoms with Gasteiger partial charge in [0.1, 0.15) is 6.61 Å². The summed E-state index contributed by atoms with van der Waals surface area (Å²) >= 11 is 2.01. The topological polar surface area (TPSA) is 105 Å². The lowest BCUT2D eigenvalue weighted by Crippen LogP contribution is -2.29. The summed E-state index contributed by atoms with van der Waals surface area (Å²) in [5, 5.41) is 14.8. The van der Waals surface area contributed by atoms with E-state index in [4.69, 9.17) is 4.74 Å². The first kappa shape index (κ1) is 23.3. The molecule has 1 saturated carbocycles. The minimum Gasteiger partial charge on any atom is -0.478 e. The molecule has 178 valence electrons. The fourth-order valence-corrected chi connectivity index (χ4v) is 5.35. The third kappa shape index (κ3) is 5.02. The van der Waals surface area contributed by atoms with E-state index >= 15 is 0 Å². The maximum atomic E-state index is 12.6. The number of aromatic carboxylic acids is 1. The number of alkyl carbamates (subject to hydrolysis) is 1.